The second-order valence-electron chi connectivity index (χ2n) is 1.12. The summed E-state index contributed by atoms with van der Waals surface area (Å²) in [6, 6.07) is 0. The highest BCUT2D eigenvalue weighted by Gasteiger charge is 1.96. The summed E-state index contributed by atoms with van der Waals surface area (Å²) in [5.41, 5.74) is 5.02. The van der Waals surface area contributed by atoms with Gasteiger partial charge in [-0.3, -0.25) is 5.41 Å². The standard InChI is InChI=1S/C3H6Br2N2.2ClH/c4-2(5)1-3(6)7;;/h2H,1H2,(H3,6,7);2*1H. The van der Waals surface area contributed by atoms with Crippen LogP contribution in [0.3, 0.4) is 0 Å². The molecular formula is C3H8Br2Cl2N2. The van der Waals surface area contributed by atoms with E-state index in [1.165, 1.54) is 0 Å². The van der Waals surface area contributed by atoms with Crippen molar-refractivity contribution in [2.45, 2.75) is 10.2 Å². The van der Waals surface area contributed by atoms with Gasteiger partial charge < -0.3 is 5.73 Å². The number of hydrogen-bond donors (Lipinski definition) is 2. The number of amidine groups is 1. The molecule has 0 saturated carbocycles. The Balaban J connectivity index is -0.000000180. The molecule has 0 aliphatic carbocycles. The molecule has 0 unspecified atom stereocenters. The Bertz CT molecular complexity index is 78.2. The van der Waals surface area contributed by atoms with E-state index >= 15 is 0 Å². The maximum atomic E-state index is 6.74. The monoisotopic (exact) mass is 300 g/mol. The number of halogens is 4. The maximum absolute atomic E-state index is 6.74. The summed E-state index contributed by atoms with van der Waals surface area (Å²) in [6.45, 7) is 0. The largest absolute Gasteiger partial charge is 0.388 e. The van der Waals surface area contributed by atoms with Gasteiger partial charge in [0.25, 0.3) is 0 Å². The van der Waals surface area contributed by atoms with Gasteiger partial charge in [-0.15, -0.1) is 24.8 Å². The molecule has 0 radical (unpaired) electrons. The Morgan fingerprint density at radius 3 is 1.78 bits per heavy atom. The molecule has 0 rings (SSSR count). The quantitative estimate of drug-likeness (QED) is 0.459. The Morgan fingerprint density at radius 1 is 1.44 bits per heavy atom. The fraction of sp³-hybridized carbons (Fsp3) is 0.667. The lowest BCUT2D eigenvalue weighted by Gasteiger charge is -1.94. The van der Waals surface area contributed by atoms with E-state index < -0.39 is 0 Å². The molecule has 9 heavy (non-hydrogen) atoms. The Morgan fingerprint density at radius 2 is 1.78 bits per heavy atom. The van der Waals surface area contributed by atoms with Gasteiger partial charge >= 0.3 is 0 Å². The number of nitrogens with two attached hydrogens (primary N) is 1. The van der Waals surface area contributed by atoms with Crippen molar-refractivity contribution < 1.29 is 0 Å². The van der Waals surface area contributed by atoms with E-state index in [1.807, 2.05) is 0 Å². The van der Waals surface area contributed by atoms with Crippen molar-refractivity contribution in [3.8, 4) is 0 Å². The molecule has 0 amide bonds. The van der Waals surface area contributed by atoms with Crippen LogP contribution in [-0.4, -0.2) is 9.57 Å². The maximum Gasteiger partial charge on any atom is 0.0925 e. The summed E-state index contributed by atoms with van der Waals surface area (Å²) in [5.74, 6) is 0.193. The van der Waals surface area contributed by atoms with Gasteiger partial charge in [-0.2, -0.15) is 0 Å². The molecule has 6 heteroatoms. The van der Waals surface area contributed by atoms with E-state index in [0.29, 0.717) is 6.42 Å². The fourth-order valence-electron chi connectivity index (χ4n) is 0.166. The van der Waals surface area contributed by atoms with Gasteiger partial charge in [0.1, 0.15) is 0 Å². The Kier molecular flexibility index (Phi) is 16.6. The molecule has 58 valence electrons. The minimum Gasteiger partial charge on any atom is -0.388 e. The average molecular weight is 303 g/mol. The molecule has 0 aliphatic heterocycles. The van der Waals surface area contributed by atoms with Crippen LogP contribution >= 0.6 is 56.7 Å². The summed E-state index contributed by atoms with van der Waals surface area (Å²) in [4.78, 5) is 0. The van der Waals surface area contributed by atoms with E-state index in [0.717, 1.165) is 0 Å². The van der Waals surface area contributed by atoms with Gasteiger partial charge in [-0.05, 0) is 0 Å². The lowest BCUT2D eigenvalue weighted by Crippen LogP contribution is -2.11. The first-order valence-corrected chi connectivity index (χ1v) is 3.57. The normalized spacial score (nSPS) is 7.44. The van der Waals surface area contributed by atoms with Crippen LogP contribution in [-0.2, 0) is 0 Å². The lowest BCUT2D eigenvalue weighted by molar-refractivity contribution is 1.20. The first-order chi connectivity index (χ1) is 3.13. The molecule has 0 aromatic heterocycles. The first kappa shape index (κ1) is 16.5. The summed E-state index contributed by atoms with van der Waals surface area (Å²) >= 11 is 6.34. The van der Waals surface area contributed by atoms with Gasteiger partial charge in [-0.1, -0.05) is 31.9 Å². The molecule has 0 spiro atoms. The Hall–Kier alpha value is 1.01. The molecule has 0 aliphatic rings. The SMILES string of the molecule is Cl.Cl.N=C(N)CC(Br)Br. The van der Waals surface area contributed by atoms with Gasteiger partial charge in [0.2, 0.25) is 0 Å². The van der Waals surface area contributed by atoms with Crippen LogP contribution in [0.5, 0.6) is 0 Å². The van der Waals surface area contributed by atoms with E-state index in [1.54, 1.807) is 0 Å². The second kappa shape index (κ2) is 9.01. The number of rotatable bonds is 2. The smallest absolute Gasteiger partial charge is 0.0925 e. The molecule has 3 N–H and O–H groups in total. The van der Waals surface area contributed by atoms with Gasteiger partial charge in [0.15, 0.2) is 0 Å². The van der Waals surface area contributed by atoms with E-state index in [9.17, 15) is 0 Å². The van der Waals surface area contributed by atoms with Crippen LogP contribution in [0.4, 0.5) is 0 Å². The predicted molar refractivity (Wildman–Crippen MR) is 52.7 cm³/mol. The number of alkyl halides is 2. The van der Waals surface area contributed by atoms with Crippen molar-refractivity contribution in [2.24, 2.45) is 5.73 Å². The molecule has 0 atom stereocenters. The molecule has 2 nitrogen and oxygen atoms in total. The molecule has 0 saturated heterocycles. The highest BCUT2D eigenvalue weighted by atomic mass is 79.9. The van der Waals surface area contributed by atoms with Crippen LogP contribution in [0.15, 0.2) is 0 Å². The van der Waals surface area contributed by atoms with Crippen LogP contribution in [0, 0.1) is 5.41 Å². The first-order valence-electron chi connectivity index (χ1n) is 1.74. The molecule has 0 fully saturated rings. The average Bonchev–Trinajstić information content (AvgIpc) is 1.27. The third-order valence-electron chi connectivity index (χ3n) is 0.374. The number of nitrogens with one attached hydrogen (secondary N) is 1. The fourth-order valence-corrected chi connectivity index (χ4v) is 0.864. The molecular weight excluding hydrogens is 295 g/mol. The third-order valence-corrected chi connectivity index (χ3v) is 1.02. The molecule has 0 heterocycles. The van der Waals surface area contributed by atoms with E-state index in [4.69, 9.17) is 11.1 Å². The van der Waals surface area contributed by atoms with Crippen molar-refractivity contribution in [3.05, 3.63) is 0 Å². The van der Waals surface area contributed by atoms with Crippen molar-refractivity contribution in [2.75, 3.05) is 0 Å². The summed E-state index contributed by atoms with van der Waals surface area (Å²) in [6.07, 6.45) is 0.556. The lowest BCUT2D eigenvalue weighted by atomic mass is 10.5. The van der Waals surface area contributed by atoms with Gasteiger partial charge in [-0.25, -0.2) is 0 Å². The second-order valence-corrected chi connectivity index (χ2v) is 4.56. The van der Waals surface area contributed by atoms with Crippen LogP contribution in [0.1, 0.15) is 6.42 Å². The van der Waals surface area contributed by atoms with E-state index in [2.05, 4.69) is 31.9 Å². The Labute approximate surface area is 83.5 Å². The van der Waals surface area contributed by atoms with E-state index in [-0.39, 0.29) is 34.4 Å². The van der Waals surface area contributed by atoms with Crippen molar-refractivity contribution >= 4 is 62.5 Å². The van der Waals surface area contributed by atoms with Gasteiger partial charge in [0, 0.05) is 6.42 Å². The topological polar surface area (TPSA) is 49.9 Å². The number of hydrogen-bond acceptors (Lipinski definition) is 1. The molecule has 0 bridgehead atoms. The van der Waals surface area contributed by atoms with Gasteiger partial charge in [0.05, 0.1) is 9.57 Å². The zero-order chi connectivity index (χ0) is 5.86. The zero-order valence-electron chi connectivity index (χ0n) is 4.43. The van der Waals surface area contributed by atoms with Crippen LogP contribution < -0.4 is 5.73 Å². The minimum atomic E-state index is 0. The minimum absolute atomic E-state index is 0. The van der Waals surface area contributed by atoms with Crippen molar-refractivity contribution in [3.63, 3.8) is 0 Å². The zero-order valence-corrected chi connectivity index (χ0v) is 9.24. The van der Waals surface area contributed by atoms with Crippen molar-refractivity contribution in [1.82, 2.24) is 0 Å². The third kappa shape index (κ3) is 17.6. The highest BCUT2D eigenvalue weighted by molar-refractivity contribution is 9.24. The van der Waals surface area contributed by atoms with Crippen LogP contribution in [0.2, 0.25) is 0 Å². The van der Waals surface area contributed by atoms with Crippen molar-refractivity contribution in [1.29, 1.82) is 5.41 Å². The summed E-state index contributed by atoms with van der Waals surface area (Å²) in [5, 5.41) is 6.74. The molecule has 0 aromatic carbocycles. The highest BCUT2D eigenvalue weighted by Crippen LogP contribution is 2.10. The molecule has 0 aromatic rings. The van der Waals surface area contributed by atoms with Crippen LogP contribution in [0.25, 0.3) is 0 Å². The summed E-state index contributed by atoms with van der Waals surface area (Å²) in [7, 11) is 0. The summed E-state index contributed by atoms with van der Waals surface area (Å²) < 4.78 is 0.150. The predicted octanol–water partition coefficient (Wildman–Crippen LogP) is 2.27.